The van der Waals surface area contributed by atoms with Gasteiger partial charge < -0.3 is 0 Å². The molecule has 0 aliphatic heterocycles. The molecule has 88 valence electrons. The zero-order valence-corrected chi connectivity index (χ0v) is 11.1. The van der Waals surface area contributed by atoms with Crippen molar-refractivity contribution in [2.45, 2.75) is 6.92 Å². The maximum atomic E-state index is 4.14. The van der Waals surface area contributed by atoms with Crippen LogP contribution in [0.2, 0.25) is 0 Å². The molecule has 3 rings (SSSR count). The molecule has 0 saturated carbocycles. The molecule has 18 heavy (non-hydrogen) atoms. The summed E-state index contributed by atoms with van der Waals surface area (Å²) < 4.78 is 1.33. The third-order valence-corrected chi connectivity index (χ3v) is 4.28. The number of hydrogen-bond acceptors (Lipinski definition) is 1. The Hall–Kier alpha value is -1.86. The van der Waals surface area contributed by atoms with Gasteiger partial charge in [-0.2, -0.15) is 0 Å². The summed E-state index contributed by atoms with van der Waals surface area (Å²) >= 11 is 1.84. The van der Waals surface area contributed by atoms with Crippen LogP contribution < -0.4 is 0 Å². The molecule has 0 bridgehead atoms. The van der Waals surface area contributed by atoms with Crippen LogP contribution in [-0.4, -0.2) is 0 Å². The van der Waals surface area contributed by atoms with Crippen LogP contribution >= 0.6 is 11.3 Å². The van der Waals surface area contributed by atoms with E-state index in [1.165, 1.54) is 26.1 Å². The van der Waals surface area contributed by atoms with E-state index in [9.17, 15) is 0 Å². The van der Waals surface area contributed by atoms with Crippen molar-refractivity contribution in [3.63, 3.8) is 0 Å². The molecule has 0 spiro atoms. The maximum absolute atomic E-state index is 4.14. The monoisotopic (exact) mass is 250 g/mol. The summed E-state index contributed by atoms with van der Waals surface area (Å²) in [5, 5.41) is 1.31. The third kappa shape index (κ3) is 1.77. The Kier molecular flexibility index (Phi) is 2.77. The number of allylic oxidation sites excluding steroid dienone is 1. The Labute approximate surface area is 111 Å². The predicted octanol–water partition coefficient (Wildman–Crippen LogP) is 5.60. The van der Waals surface area contributed by atoms with Crippen molar-refractivity contribution in [3.8, 4) is 10.4 Å². The van der Waals surface area contributed by atoms with E-state index in [0.717, 1.165) is 5.57 Å². The van der Waals surface area contributed by atoms with Gasteiger partial charge in [0.15, 0.2) is 0 Å². The van der Waals surface area contributed by atoms with E-state index in [0.29, 0.717) is 0 Å². The van der Waals surface area contributed by atoms with E-state index in [2.05, 4.69) is 68.1 Å². The average molecular weight is 250 g/mol. The minimum atomic E-state index is 1.13. The first-order valence-electron chi connectivity index (χ1n) is 6.00. The molecule has 0 aliphatic rings. The van der Waals surface area contributed by atoms with E-state index in [-0.39, 0.29) is 0 Å². The SMILES string of the molecule is C=C(C)c1c(-c2ccccc2)sc2ccccc12. The Morgan fingerprint density at radius 1 is 0.944 bits per heavy atom. The van der Waals surface area contributed by atoms with E-state index in [1.54, 1.807) is 0 Å². The first-order valence-corrected chi connectivity index (χ1v) is 6.82. The van der Waals surface area contributed by atoms with Gasteiger partial charge in [0.1, 0.15) is 0 Å². The lowest BCUT2D eigenvalue weighted by atomic mass is 10.0. The summed E-state index contributed by atoms with van der Waals surface area (Å²) in [6.07, 6.45) is 0. The smallest absolute Gasteiger partial charge is 0.0430 e. The first kappa shape index (κ1) is 11.2. The van der Waals surface area contributed by atoms with Crippen LogP contribution in [0.25, 0.3) is 26.1 Å². The predicted molar refractivity (Wildman–Crippen MR) is 82.0 cm³/mol. The number of rotatable bonds is 2. The second kappa shape index (κ2) is 4.43. The van der Waals surface area contributed by atoms with Gasteiger partial charge in [-0.05, 0) is 24.1 Å². The van der Waals surface area contributed by atoms with Crippen LogP contribution in [0, 0.1) is 0 Å². The van der Waals surface area contributed by atoms with E-state index in [1.807, 2.05) is 11.3 Å². The van der Waals surface area contributed by atoms with E-state index >= 15 is 0 Å². The zero-order valence-electron chi connectivity index (χ0n) is 10.3. The number of hydrogen-bond donors (Lipinski definition) is 0. The fraction of sp³-hybridized carbons (Fsp3) is 0.0588. The maximum Gasteiger partial charge on any atom is 0.0430 e. The van der Waals surface area contributed by atoms with Crippen LogP contribution in [0.1, 0.15) is 12.5 Å². The quantitative estimate of drug-likeness (QED) is 0.555. The van der Waals surface area contributed by atoms with Gasteiger partial charge in [-0.3, -0.25) is 0 Å². The molecule has 0 atom stereocenters. The molecule has 0 unspecified atom stereocenters. The molecule has 0 radical (unpaired) electrons. The van der Waals surface area contributed by atoms with Gasteiger partial charge in [-0.15, -0.1) is 11.3 Å². The molecular weight excluding hydrogens is 236 g/mol. The van der Waals surface area contributed by atoms with Crippen LogP contribution in [-0.2, 0) is 0 Å². The average Bonchev–Trinajstić information content (AvgIpc) is 2.79. The zero-order chi connectivity index (χ0) is 12.5. The number of thiophene rings is 1. The Morgan fingerprint density at radius 2 is 1.61 bits per heavy atom. The van der Waals surface area contributed by atoms with Gasteiger partial charge in [-0.25, -0.2) is 0 Å². The molecule has 0 aliphatic carbocycles. The van der Waals surface area contributed by atoms with Crippen molar-refractivity contribution in [3.05, 3.63) is 66.7 Å². The van der Waals surface area contributed by atoms with Crippen LogP contribution in [0.5, 0.6) is 0 Å². The largest absolute Gasteiger partial charge is 0.135 e. The van der Waals surface area contributed by atoms with Gasteiger partial charge in [-0.1, -0.05) is 55.1 Å². The molecule has 0 saturated heterocycles. The minimum absolute atomic E-state index is 1.13. The Morgan fingerprint density at radius 3 is 2.33 bits per heavy atom. The number of fused-ring (bicyclic) bond motifs is 1. The van der Waals surface area contributed by atoms with E-state index in [4.69, 9.17) is 0 Å². The van der Waals surface area contributed by atoms with Crippen molar-refractivity contribution >= 4 is 27.0 Å². The highest BCUT2D eigenvalue weighted by Gasteiger charge is 2.13. The molecule has 0 amide bonds. The van der Waals surface area contributed by atoms with Gasteiger partial charge in [0.25, 0.3) is 0 Å². The highest BCUT2D eigenvalue weighted by atomic mass is 32.1. The van der Waals surface area contributed by atoms with Crippen molar-refractivity contribution in [2.75, 3.05) is 0 Å². The molecule has 3 aromatic rings. The molecule has 2 aromatic carbocycles. The summed E-state index contributed by atoms with van der Waals surface area (Å²) in [6, 6.07) is 19.1. The summed E-state index contributed by atoms with van der Waals surface area (Å²) in [5.74, 6) is 0. The molecule has 0 nitrogen and oxygen atoms in total. The second-order valence-corrected chi connectivity index (χ2v) is 5.50. The van der Waals surface area contributed by atoms with Gasteiger partial charge in [0.05, 0.1) is 0 Å². The lowest BCUT2D eigenvalue weighted by Gasteiger charge is -2.03. The summed E-state index contributed by atoms with van der Waals surface area (Å²) in [6.45, 7) is 6.22. The van der Waals surface area contributed by atoms with Crippen molar-refractivity contribution in [1.29, 1.82) is 0 Å². The third-order valence-electron chi connectivity index (χ3n) is 3.06. The molecule has 1 heterocycles. The standard InChI is InChI=1S/C17H14S/c1-12(2)16-14-10-6-7-11-15(14)18-17(16)13-8-4-3-5-9-13/h3-11H,1H2,2H3. The molecule has 1 heteroatoms. The van der Waals surface area contributed by atoms with Gasteiger partial charge >= 0.3 is 0 Å². The fourth-order valence-corrected chi connectivity index (χ4v) is 3.55. The Bertz CT molecular complexity index is 705. The molecule has 0 N–H and O–H groups in total. The minimum Gasteiger partial charge on any atom is -0.135 e. The second-order valence-electron chi connectivity index (χ2n) is 4.45. The first-order chi connectivity index (χ1) is 8.77. The normalized spacial score (nSPS) is 10.7. The van der Waals surface area contributed by atoms with Gasteiger partial charge in [0.2, 0.25) is 0 Å². The van der Waals surface area contributed by atoms with Crippen LogP contribution in [0.15, 0.2) is 61.2 Å². The highest BCUT2D eigenvalue weighted by Crippen LogP contribution is 2.41. The lowest BCUT2D eigenvalue weighted by molar-refractivity contribution is 1.65. The van der Waals surface area contributed by atoms with Crippen LogP contribution in [0.4, 0.5) is 0 Å². The Balaban J connectivity index is 2.36. The summed E-state index contributed by atoms with van der Waals surface area (Å²) in [5.41, 5.74) is 3.70. The number of benzene rings is 2. The van der Waals surface area contributed by atoms with Crippen molar-refractivity contribution < 1.29 is 0 Å². The molecular formula is C17H14S. The fourth-order valence-electron chi connectivity index (χ4n) is 2.26. The lowest BCUT2D eigenvalue weighted by Crippen LogP contribution is -1.80. The van der Waals surface area contributed by atoms with E-state index < -0.39 is 0 Å². The molecule has 0 fully saturated rings. The van der Waals surface area contributed by atoms with Crippen molar-refractivity contribution in [2.24, 2.45) is 0 Å². The molecule has 1 aromatic heterocycles. The summed E-state index contributed by atoms with van der Waals surface area (Å²) in [4.78, 5) is 1.32. The van der Waals surface area contributed by atoms with Gasteiger partial charge in [0, 0.05) is 20.5 Å². The van der Waals surface area contributed by atoms with Crippen molar-refractivity contribution in [1.82, 2.24) is 0 Å². The topological polar surface area (TPSA) is 0 Å². The summed E-state index contributed by atoms with van der Waals surface area (Å²) in [7, 11) is 0. The van der Waals surface area contributed by atoms with Crippen LogP contribution in [0.3, 0.4) is 0 Å². The highest BCUT2D eigenvalue weighted by molar-refractivity contribution is 7.22.